The van der Waals surface area contributed by atoms with Crippen molar-refractivity contribution in [1.29, 1.82) is 0 Å². The largest absolute Gasteiger partial charge is 0.494 e. The van der Waals surface area contributed by atoms with Crippen LogP contribution < -0.4 is 15.8 Å². The van der Waals surface area contributed by atoms with Crippen molar-refractivity contribution in [3.63, 3.8) is 0 Å². The van der Waals surface area contributed by atoms with Crippen molar-refractivity contribution in [2.45, 2.75) is 43.4 Å². The van der Waals surface area contributed by atoms with Gasteiger partial charge in [0.1, 0.15) is 5.75 Å². The third-order valence-electron chi connectivity index (χ3n) is 6.55. The second-order valence-corrected chi connectivity index (χ2v) is 11.7. The summed E-state index contributed by atoms with van der Waals surface area (Å²) in [7, 11) is -3.86. The number of likely N-dealkylation sites (tertiary alicyclic amines) is 1. The highest BCUT2D eigenvalue weighted by molar-refractivity contribution is 7.92. The Morgan fingerprint density at radius 2 is 1.89 bits per heavy atom. The van der Waals surface area contributed by atoms with E-state index in [4.69, 9.17) is 9.94 Å². The molecule has 0 aliphatic carbocycles. The van der Waals surface area contributed by atoms with Gasteiger partial charge in [-0.3, -0.25) is 19.7 Å². The monoisotopic (exact) mass is 527 g/mol. The van der Waals surface area contributed by atoms with E-state index in [0.29, 0.717) is 37.4 Å². The number of benzene rings is 1. The van der Waals surface area contributed by atoms with Crippen molar-refractivity contribution in [3.05, 3.63) is 52.9 Å². The highest BCUT2D eigenvalue weighted by Crippen LogP contribution is 2.27. The van der Waals surface area contributed by atoms with Crippen molar-refractivity contribution in [1.82, 2.24) is 14.9 Å². The van der Waals surface area contributed by atoms with Crippen LogP contribution in [0.25, 0.3) is 11.1 Å². The van der Waals surface area contributed by atoms with Crippen LogP contribution in [0.3, 0.4) is 0 Å². The van der Waals surface area contributed by atoms with Crippen LogP contribution in [0.4, 0.5) is 8.78 Å². The molecule has 1 unspecified atom stereocenters. The molecule has 1 fully saturated rings. The molecule has 1 aromatic heterocycles. The van der Waals surface area contributed by atoms with Crippen LogP contribution in [0.2, 0.25) is 0 Å². The Morgan fingerprint density at radius 3 is 2.44 bits per heavy atom. The molecule has 0 saturated carbocycles. The van der Waals surface area contributed by atoms with E-state index in [2.05, 4.69) is 0 Å². The molecule has 0 spiro atoms. The number of amides is 1. The van der Waals surface area contributed by atoms with E-state index in [1.165, 1.54) is 29.2 Å². The minimum absolute atomic E-state index is 0.0437. The smallest absolute Gasteiger partial charge is 0.264 e. The zero-order chi connectivity index (χ0) is 26.6. The third kappa shape index (κ3) is 6.68. The molecule has 9 nitrogen and oxygen atoms in total. The van der Waals surface area contributed by atoms with Crippen LogP contribution >= 0.6 is 0 Å². The summed E-state index contributed by atoms with van der Waals surface area (Å²) in [4.78, 5) is 26.3. The number of nitrogens with one attached hydrogen (secondary N) is 1. The number of carbonyl (C=O) groups excluding carboxylic acids is 1. The molecular formula is C24H31F2N3O6S. The van der Waals surface area contributed by atoms with Crippen molar-refractivity contribution in [2.24, 2.45) is 0 Å². The van der Waals surface area contributed by atoms with Crippen molar-refractivity contribution in [3.8, 4) is 16.9 Å². The molecule has 1 amide bonds. The summed E-state index contributed by atoms with van der Waals surface area (Å²) < 4.78 is 55.7. The normalized spacial score (nSPS) is 17.5. The van der Waals surface area contributed by atoms with Crippen LogP contribution in [0.15, 0.2) is 47.4 Å². The van der Waals surface area contributed by atoms with Gasteiger partial charge >= 0.3 is 0 Å². The molecule has 1 aliphatic heterocycles. The topological polar surface area (TPSA) is 118 Å². The van der Waals surface area contributed by atoms with Gasteiger partial charge in [-0.1, -0.05) is 12.1 Å². The van der Waals surface area contributed by atoms with Crippen LogP contribution in [-0.4, -0.2) is 72.2 Å². The first-order valence-electron chi connectivity index (χ1n) is 11.5. The Hall–Kier alpha value is -2.83. The number of alkyl halides is 2. The number of ether oxygens (including phenoxy) is 1. The summed E-state index contributed by atoms with van der Waals surface area (Å²) in [6.07, 6.45) is 2.75. The van der Waals surface area contributed by atoms with Crippen LogP contribution in [0.5, 0.6) is 5.75 Å². The summed E-state index contributed by atoms with van der Waals surface area (Å²) in [5.74, 6) is -3.03. The highest BCUT2D eigenvalue weighted by atomic mass is 32.2. The molecule has 1 atom stereocenters. The molecule has 0 radical (unpaired) electrons. The summed E-state index contributed by atoms with van der Waals surface area (Å²) in [6.45, 7) is 2.31. The summed E-state index contributed by atoms with van der Waals surface area (Å²) in [6, 6.07) is 10.2. The lowest BCUT2D eigenvalue weighted by molar-refractivity contribution is -0.131. The van der Waals surface area contributed by atoms with Gasteiger partial charge in [-0.2, -0.15) is 0 Å². The molecule has 1 saturated heterocycles. The quantitative estimate of drug-likeness (QED) is 0.262. The lowest BCUT2D eigenvalue weighted by Crippen LogP contribution is -2.49. The standard InChI is InChI=1S/C24H31F2N3O6S/c1-23(22(31)27-32,36(2,33)34)9-14-29-12-8-19(16-21(29)30)18-4-6-20(7-5-18)35-15-3-11-28-13-10-24(25,26)17-28/h4-8,12,16,32H,3,9-11,13-15,17H2,1-2H3,(H,27,31). The summed E-state index contributed by atoms with van der Waals surface area (Å²) in [5.41, 5.74) is 2.43. The predicted molar refractivity (Wildman–Crippen MR) is 130 cm³/mol. The van der Waals surface area contributed by atoms with E-state index in [-0.39, 0.29) is 31.5 Å². The maximum absolute atomic E-state index is 13.2. The molecule has 0 bridgehead atoms. The Balaban J connectivity index is 1.56. The van der Waals surface area contributed by atoms with Crippen LogP contribution in [0.1, 0.15) is 26.2 Å². The van der Waals surface area contributed by atoms with E-state index >= 15 is 0 Å². The fourth-order valence-corrected chi connectivity index (χ4v) is 4.86. The highest BCUT2D eigenvalue weighted by Gasteiger charge is 2.43. The third-order valence-corrected chi connectivity index (χ3v) is 8.58. The molecule has 2 N–H and O–H groups in total. The first-order chi connectivity index (χ1) is 16.8. The molecule has 2 heterocycles. The van der Waals surface area contributed by atoms with E-state index < -0.39 is 26.4 Å². The second kappa shape index (κ2) is 11.1. The molecule has 1 aromatic carbocycles. The van der Waals surface area contributed by atoms with Gasteiger partial charge in [0.05, 0.1) is 13.2 Å². The van der Waals surface area contributed by atoms with Gasteiger partial charge in [0.2, 0.25) is 0 Å². The number of pyridine rings is 1. The molecule has 3 rings (SSSR count). The van der Waals surface area contributed by atoms with E-state index in [9.17, 15) is 26.8 Å². The number of rotatable bonds is 11. The first kappa shape index (κ1) is 27.8. The Morgan fingerprint density at radius 1 is 1.19 bits per heavy atom. The summed E-state index contributed by atoms with van der Waals surface area (Å²) in [5, 5.41) is 8.92. The van der Waals surface area contributed by atoms with E-state index in [1.54, 1.807) is 35.2 Å². The van der Waals surface area contributed by atoms with Gasteiger partial charge < -0.3 is 9.30 Å². The number of carbonyl (C=O) groups is 1. The number of hydroxylamine groups is 1. The first-order valence-corrected chi connectivity index (χ1v) is 13.4. The van der Waals surface area contributed by atoms with Gasteiger partial charge in [-0.15, -0.1) is 0 Å². The number of nitrogens with zero attached hydrogens (tertiary/aromatic N) is 2. The van der Waals surface area contributed by atoms with E-state index in [0.717, 1.165) is 11.8 Å². The van der Waals surface area contributed by atoms with E-state index in [1.807, 2.05) is 0 Å². The van der Waals surface area contributed by atoms with Gasteiger partial charge in [0.15, 0.2) is 14.6 Å². The fraction of sp³-hybridized carbons (Fsp3) is 0.500. The zero-order valence-electron chi connectivity index (χ0n) is 20.2. The van der Waals surface area contributed by atoms with Crippen molar-refractivity contribution >= 4 is 15.7 Å². The minimum Gasteiger partial charge on any atom is -0.494 e. The molecule has 1 aliphatic rings. The Kier molecular flexibility index (Phi) is 8.52. The van der Waals surface area contributed by atoms with Crippen LogP contribution in [0, 0.1) is 0 Å². The van der Waals surface area contributed by atoms with Crippen LogP contribution in [-0.2, 0) is 21.2 Å². The van der Waals surface area contributed by atoms with Gasteiger partial charge in [-0.25, -0.2) is 22.7 Å². The Bertz CT molecular complexity index is 1230. The lowest BCUT2D eigenvalue weighted by Gasteiger charge is -2.25. The second-order valence-electron chi connectivity index (χ2n) is 9.25. The zero-order valence-corrected chi connectivity index (χ0v) is 21.1. The number of halogens is 2. The molecule has 198 valence electrons. The SMILES string of the molecule is CC(CCn1ccc(-c2ccc(OCCCN3CCC(F)(F)C3)cc2)cc1=O)(C(=O)NO)S(C)(=O)=O. The average molecular weight is 528 g/mol. The molecular weight excluding hydrogens is 496 g/mol. The van der Waals surface area contributed by atoms with Crippen molar-refractivity contribution < 1.29 is 31.9 Å². The minimum atomic E-state index is -3.86. The fourth-order valence-electron chi connectivity index (χ4n) is 4.01. The maximum atomic E-state index is 13.2. The number of sulfone groups is 1. The number of hydrogen-bond donors (Lipinski definition) is 2. The summed E-state index contributed by atoms with van der Waals surface area (Å²) >= 11 is 0. The van der Waals surface area contributed by atoms with Gasteiger partial charge in [0, 0.05) is 44.6 Å². The number of hydrogen-bond acceptors (Lipinski definition) is 7. The lowest BCUT2D eigenvalue weighted by atomic mass is 10.1. The predicted octanol–water partition coefficient (Wildman–Crippen LogP) is 2.32. The number of aryl methyl sites for hydroxylation is 1. The molecule has 12 heteroatoms. The average Bonchev–Trinajstić information content (AvgIpc) is 3.18. The van der Waals surface area contributed by atoms with Crippen molar-refractivity contribution in [2.75, 3.05) is 32.5 Å². The molecule has 2 aromatic rings. The maximum Gasteiger partial charge on any atom is 0.264 e. The Labute approximate surface area is 208 Å². The number of aromatic nitrogens is 1. The van der Waals surface area contributed by atoms with Gasteiger partial charge in [0.25, 0.3) is 17.4 Å². The van der Waals surface area contributed by atoms with Gasteiger partial charge in [-0.05, 0) is 49.1 Å². The molecule has 36 heavy (non-hydrogen) atoms.